The average Bonchev–Trinajstić information content (AvgIpc) is 3.22. The van der Waals surface area contributed by atoms with Crippen LogP contribution in [-0.2, 0) is 6.54 Å². The average molecular weight is 262 g/mol. The highest BCUT2D eigenvalue weighted by Crippen LogP contribution is 2.22. The zero-order chi connectivity index (χ0) is 13.1. The molecule has 0 spiro atoms. The maximum absolute atomic E-state index is 13.1. The Balaban J connectivity index is 1.42. The molecule has 0 unspecified atom stereocenters. The molecule has 1 aromatic carbocycles. The Morgan fingerprint density at radius 3 is 2.63 bits per heavy atom. The van der Waals surface area contributed by atoms with Crippen LogP contribution in [0.3, 0.4) is 0 Å². The number of benzene rings is 1. The topological polar surface area (TPSA) is 15.3 Å². The minimum absolute atomic E-state index is 0.124. The van der Waals surface area contributed by atoms with Gasteiger partial charge in [0.2, 0.25) is 0 Å². The molecule has 1 aliphatic heterocycles. The number of hydrogen-bond donors (Lipinski definition) is 1. The zero-order valence-corrected chi connectivity index (χ0v) is 11.4. The van der Waals surface area contributed by atoms with Gasteiger partial charge in [-0.1, -0.05) is 12.1 Å². The van der Waals surface area contributed by atoms with Crippen LogP contribution in [-0.4, -0.2) is 30.6 Å². The number of hydrogen-bond acceptors (Lipinski definition) is 2. The van der Waals surface area contributed by atoms with Gasteiger partial charge in [-0.05, 0) is 68.9 Å². The number of nitrogens with one attached hydrogen (secondary N) is 1. The molecule has 3 heteroatoms. The van der Waals surface area contributed by atoms with E-state index in [0.29, 0.717) is 0 Å². The molecule has 0 bridgehead atoms. The predicted octanol–water partition coefficient (Wildman–Crippen LogP) is 2.79. The Morgan fingerprint density at radius 1 is 1.16 bits per heavy atom. The Bertz CT molecular complexity index is 409. The third kappa shape index (κ3) is 4.02. The van der Waals surface area contributed by atoms with E-state index in [-0.39, 0.29) is 5.82 Å². The molecular weight excluding hydrogens is 239 g/mol. The second kappa shape index (κ2) is 6.02. The van der Waals surface area contributed by atoms with Crippen LogP contribution in [0.5, 0.6) is 0 Å². The van der Waals surface area contributed by atoms with Crippen LogP contribution in [0.15, 0.2) is 24.3 Å². The van der Waals surface area contributed by atoms with Crippen LogP contribution in [0, 0.1) is 11.7 Å². The standard InChI is InChI=1S/C16H23FN2/c17-15-3-1-2-14(10-15)12-19-8-6-13(7-9-19)11-18-16-4-5-16/h1-3,10,13,16,18H,4-9,11-12H2. The molecule has 1 aromatic rings. The molecule has 2 fully saturated rings. The van der Waals surface area contributed by atoms with Crippen molar-refractivity contribution in [2.75, 3.05) is 19.6 Å². The van der Waals surface area contributed by atoms with Gasteiger partial charge < -0.3 is 5.32 Å². The van der Waals surface area contributed by atoms with Crippen LogP contribution in [0.1, 0.15) is 31.2 Å². The van der Waals surface area contributed by atoms with E-state index in [4.69, 9.17) is 0 Å². The van der Waals surface area contributed by atoms with Gasteiger partial charge in [0.15, 0.2) is 0 Å². The van der Waals surface area contributed by atoms with Crippen molar-refractivity contribution in [3.8, 4) is 0 Å². The summed E-state index contributed by atoms with van der Waals surface area (Å²) in [7, 11) is 0. The van der Waals surface area contributed by atoms with Gasteiger partial charge in [-0.3, -0.25) is 4.90 Å². The number of nitrogens with zero attached hydrogens (tertiary/aromatic N) is 1. The normalized spacial score (nSPS) is 21.7. The Kier molecular flexibility index (Phi) is 4.14. The van der Waals surface area contributed by atoms with Crippen molar-refractivity contribution in [2.24, 2.45) is 5.92 Å². The maximum Gasteiger partial charge on any atom is 0.123 e. The van der Waals surface area contributed by atoms with Gasteiger partial charge in [-0.2, -0.15) is 0 Å². The summed E-state index contributed by atoms with van der Waals surface area (Å²) < 4.78 is 13.1. The fourth-order valence-corrected chi connectivity index (χ4v) is 2.86. The monoisotopic (exact) mass is 262 g/mol. The SMILES string of the molecule is Fc1cccc(CN2CCC(CNC3CC3)CC2)c1. The van der Waals surface area contributed by atoms with E-state index in [2.05, 4.69) is 10.2 Å². The predicted molar refractivity (Wildman–Crippen MR) is 75.4 cm³/mol. The summed E-state index contributed by atoms with van der Waals surface area (Å²) in [6.07, 6.45) is 5.29. The summed E-state index contributed by atoms with van der Waals surface area (Å²) >= 11 is 0. The Labute approximate surface area is 115 Å². The highest BCUT2D eigenvalue weighted by atomic mass is 19.1. The van der Waals surface area contributed by atoms with Gasteiger partial charge in [0.1, 0.15) is 5.82 Å². The van der Waals surface area contributed by atoms with Gasteiger partial charge >= 0.3 is 0 Å². The first-order chi connectivity index (χ1) is 9.29. The van der Waals surface area contributed by atoms with E-state index >= 15 is 0 Å². The molecule has 1 saturated carbocycles. The number of likely N-dealkylation sites (tertiary alicyclic amines) is 1. The quantitative estimate of drug-likeness (QED) is 0.878. The minimum atomic E-state index is -0.124. The first-order valence-electron chi connectivity index (χ1n) is 7.50. The van der Waals surface area contributed by atoms with E-state index in [0.717, 1.165) is 37.2 Å². The Morgan fingerprint density at radius 2 is 1.95 bits per heavy atom. The molecule has 0 aromatic heterocycles. The molecule has 2 aliphatic rings. The smallest absolute Gasteiger partial charge is 0.123 e. The van der Waals surface area contributed by atoms with Crippen molar-refractivity contribution in [1.29, 1.82) is 0 Å². The Hall–Kier alpha value is -0.930. The highest BCUT2D eigenvalue weighted by molar-refractivity contribution is 5.16. The van der Waals surface area contributed by atoms with E-state index in [9.17, 15) is 4.39 Å². The third-order valence-electron chi connectivity index (χ3n) is 4.27. The maximum atomic E-state index is 13.1. The summed E-state index contributed by atoms with van der Waals surface area (Å²) in [4.78, 5) is 2.45. The van der Waals surface area contributed by atoms with Crippen molar-refractivity contribution in [3.63, 3.8) is 0 Å². The van der Waals surface area contributed by atoms with Crippen LogP contribution < -0.4 is 5.32 Å². The molecular formula is C16H23FN2. The summed E-state index contributed by atoms with van der Waals surface area (Å²) in [5.74, 6) is 0.713. The lowest BCUT2D eigenvalue weighted by molar-refractivity contribution is 0.175. The lowest BCUT2D eigenvalue weighted by Crippen LogP contribution is -2.37. The van der Waals surface area contributed by atoms with E-state index in [1.807, 2.05) is 6.07 Å². The zero-order valence-electron chi connectivity index (χ0n) is 11.4. The van der Waals surface area contributed by atoms with Gasteiger partial charge in [-0.15, -0.1) is 0 Å². The molecule has 0 atom stereocenters. The molecule has 1 heterocycles. The van der Waals surface area contributed by atoms with E-state index in [1.165, 1.54) is 38.3 Å². The van der Waals surface area contributed by atoms with E-state index in [1.54, 1.807) is 12.1 Å². The first kappa shape index (κ1) is 13.1. The summed E-state index contributed by atoms with van der Waals surface area (Å²) in [6, 6.07) is 7.81. The summed E-state index contributed by atoms with van der Waals surface area (Å²) in [6.45, 7) is 4.38. The molecule has 3 rings (SSSR count). The molecule has 104 valence electrons. The fourth-order valence-electron chi connectivity index (χ4n) is 2.86. The lowest BCUT2D eigenvalue weighted by Gasteiger charge is -2.32. The third-order valence-corrected chi connectivity index (χ3v) is 4.27. The van der Waals surface area contributed by atoms with Crippen LogP contribution >= 0.6 is 0 Å². The largest absolute Gasteiger partial charge is 0.314 e. The molecule has 0 amide bonds. The second-order valence-electron chi connectivity index (χ2n) is 6.03. The second-order valence-corrected chi connectivity index (χ2v) is 6.03. The van der Waals surface area contributed by atoms with Gasteiger partial charge in [0, 0.05) is 12.6 Å². The van der Waals surface area contributed by atoms with Crippen molar-refractivity contribution < 1.29 is 4.39 Å². The first-order valence-corrected chi connectivity index (χ1v) is 7.50. The minimum Gasteiger partial charge on any atom is -0.314 e. The van der Waals surface area contributed by atoms with Crippen LogP contribution in [0.4, 0.5) is 4.39 Å². The summed E-state index contributed by atoms with van der Waals surface area (Å²) in [5, 5.41) is 3.63. The fraction of sp³-hybridized carbons (Fsp3) is 0.625. The molecule has 2 nitrogen and oxygen atoms in total. The molecule has 0 radical (unpaired) electrons. The number of piperidine rings is 1. The van der Waals surface area contributed by atoms with Gasteiger partial charge in [-0.25, -0.2) is 4.39 Å². The van der Waals surface area contributed by atoms with Crippen molar-refractivity contribution in [1.82, 2.24) is 10.2 Å². The van der Waals surface area contributed by atoms with E-state index < -0.39 is 0 Å². The van der Waals surface area contributed by atoms with Crippen LogP contribution in [0.2, 0.25) is 0 Å². The molecule has 1 N–H and O–H groups in total. The van der Waals surface area contributed by atoms with Crippen molar-refractivity contribution >= 4 is 0 Å². The highest BCUT2D eigenvalue weighted by Gasteiger charge is 2.24. The van der Waals surface area contributed by atoms with Crippen molar-refractivity contribution in [3.05, 3.63) is 35.6 Å². The lowest BCUT2D eigenvalue weighted by atomic mass is 9.96. The number of rotatable bonds is 5. The van der Waals surface area contributed by atoms with Gasteiger partial charge in [0.05, 0.1) is 0 Å². The molecule has 1 aliphatic carbocycles. The summed E-state index contributed by atoms with van der Waals surface area (Å²) in [5.41, 5.74) is 1.09. The van der Waals surface area contributed by atoms with Crippen LogP contribution in [0.25, 0.3) is 0 Å². The van der Waals surface area contributed by atoms with Gasteiger partial charge in [0.25, 0.3) is 0 Å². The number of halogens is 1. The van der Waals surface area contributed by atoms with Crippen molar-refractivity contribution in [2.45, 2.75) is 38.3 Å². The molecule has 1 saturated heterocycles. The molecule has 19 heavy (non-hydrogen) atoms.